The molecule has 2 fully saturated rings. The van der Waals surface area contributed by atoms with Crippen LogP contribution in [0.5, 0.6) is 0 Å². The van der Waals surface area contributed by atoms with E-state index < -0.39 is 17.5 Å². The van der Waals surface area contributed by atoms with Crippen molar-refractivity contribution in [2.24, 2.45) is 11.3 Å². The van der Waals surface area contributed by atoms with Crippen LogP contribution in [0.3, 0.4) is 0 Å². The number of amides is 2. The summed E-state index contributed by atoms with van der Waals surface area (Å²) in [5, 5.41) is 15.0. The second kappa shape index (κ2) is 9.12. The Morgan fingerprint density at radius 2 is 1.50 bits per heavy atom. The Morgan fingerprint density at radius 1 is 0.912 bits per heavy atom. The van der Waals surface area contributed by atoms with Gasteiger partial charge < -0.3 is 20.5 Å². The Hall–Kier alpha value is -3.35. The lowest BCUT2D eigenvalue weighted by Gasteiger charge is -2.28. The number of alkyl carbamates (subject to hydrolysis) is 1. The lowest BCUT2D eigenvalue weighted by atomic mass is 9.85. The lowest BCUT2D eigenvalue weighted by Crippen LogP contribution is -2.42. The van der Waals surface area contributed by atoms with Gasteiger partial charge in [-0.15, -0.1) is 0 Å². The molecule has 0 heterocycles. The number of rotatable bonds is 7. The van der Waals surface area contributed by atoms with Gasteiger partial charge in [0.2, 0.25) is 5.91 Å². The average molecular weight is 463 g/mol. The number of hydrogen-bond donors (Lipinski definition) is 3. The van der Waals surface area contributed by atoms with E-state index in [-0.39, 0.29) is 36.9 Å². The molecule has 5 rings (SSSR count). The molecule has 7 nitrogen and oxygen atoms in total. The summed E-state index contributed by atoms with van der Waals surface area (Å²) < 4.78 is 5.64. The molecular weight excluding hydrogens is 432 g/mol. The summed E-state index contributed by atoms with van der Waals surface area (Å²) in [5.74, 6) is -1.01. The molecule has 2 saturated carbocycles. The van der Waals surface area contributed by atoms with Crippen molar-refractivity contribution in [2.75, 3.05) is 13.2 Å². The number of carbonyl (C=O) groups is 3. The average Bonchev–Trinajstić information content (AvgIpc) is 3.59. The summed E-state index contributed by atoms with van der Waals surface area (Å²) in [6.07, 6.45) is 3.56. The maximum absolute atomic E-state index is 12.5. The van der Waals surface area contributed by atoms with E-state index in [9.17, 15) is 19.5 Å². The minimum atomic E-state index is -0.830. The minimum absolute atomic E-state index is 0.0199. The highest BCUT2D eigenvalue weighted by Gasteiger charge is 2.50. The number of ether oxygens (including phenoxy) is 1. The zero-order valence-electron chi connectivity index (χ0n) is 19.1. The van der Waals surface area contributed by atoms with Crippen molar-refractivity contribution in [3.05, 3.63) is 59.7 Å². The SMILES string of the molecule is O=C(NC1CCC(C(=O)NCC2(C(=O)O)CC2)CC1)OCC1c2ccccc2-c2ccccc21. The summed E-state index contributed by atoms with van der Waals surface area (Å²) in [5.41, 5.74) is 4.00. The van der Waals surface area contributed by atoms with Gasteiger partial charge in [0.05, 0.1) is 5.41 Å². The first-order valence-electron chi connectivity index (χ1n) is 12.1. The first-order chi connectivity index (χ1) is 16.5. The first-order valence-corrected chi connectivity index (χ1v) is 12.1. The largest absolute Gasteiger partial charge is 0.481 e. The Morgan fingerprint density at radius 3 is 2.06 bits per heavy atom. The molecule has 0 spiro atoms. The van der Waals surface area contributed by atoms with Crippen molar-refractivity contribution in [2.45, 2.75) is 50.5 Å². The van der Waals surface area contributed by atoms with E-state index in [1.807, 2.05) is 24.3 Å². The topological polar surface area (TPSA) is 105 Å². The van der Waals surface area contributed by atoms with Crippen LogP contribution in [-0.2, 0) is 14.3 Å². The third-order valence-corrected chi connectivity index (χ3v) is 7.67. The van der Waals surface area contributed by atoms with Crippen LogP contribution >= 0.6 is 0 Å². The Balaban J connectivity index is 1.08. The molecule has 2 amide bonds. The quantitative estimate of drug-likeness (QED) is 0.576. The number of aliphatic carboxylic acids is 1. The summed E-state index contributed by atoms with van der Waals surface area (Å²) in [7, 11) is 0. The monoisotopic (exact) mass is 462 g/mol. The van der Waals surface area contributed by atoms with Gasteiger partial charge in [0, 0.05) is 24.4 Å². The molecule has 0 saturated heterocycles. The van der Waals surface area contributed by atoms with Gasteiger partial charge in [0.1, 0.15) is 6.61 Å². The molecule has 0 aromatic heterocycles. The van der Waals surface area contributed by atoms with Gasteiger partial charge in [-0.2, -0.15) is 0 Å². The fourth-order valence-corrected chi connectivity index (χ4v) is 5.32. The highest BCUT2D eigenvalue weighted by Crippen LogP contribution is 2.45. The maximum atomic E-state index is 12.5. The smallest absolute Gasteiger partial charge is 0.407 e. The highest BCUT2D eigenvalue weighted by molar-refractivity contribution is 5.82. The number of fused-ring (bicyclic) bond motifs is 3. The van der Waals surface area contributed by atoms with Gasteiger partial charge in [-0.05, 0) is 60.8 Å². The third-order valence-electron chi connectivity index (χ3n) is 7.67. The molecule has 178 valence electrons. The predicted molar refractivity (Wildman–Crippen MR) is 126 cm³/mol. The van der Waals surface area contributed by atoms with Crippen molar-refractivity contribution in [1.29, 1.82) is 0 Å². The zero-order chi connectivity index (χ0) is 23.7. The number of hydrogen-bond acceptors (Lipinski definition) is 4. The summed E-state index contributed by atoms with van der Waals surface area (Å²) in [4.78, 5) is 36.3. The number of carbonyl (C=O) groups excluding carboxylic acids is 2. The lowest BCUT2D eigenvalue weighted by molar-refractivity contribution is -0.143. The van der Waals surface area contributed by atoms with Crippen LogP contribution in [0.2, 0.25) is 0 Å². The van der Waals surface area contributed by atoms with Crippen molar-refractivity contribution in [3.8, 4) is 11.1 Å². The van der Waals surface area contributed by atoms with Gasteiger partial charge in [0.15, 0.2) is 0 Å². The van der Waals surface area contributed by atoms with Crippen LogP contribution in [0.1, 0.15) is 55.6 Å². The van der Waals surface area contributed by atoms with E-state index >= 15 is 0 Å². The molecular formula is C27H30N2O5. The molecule has 3 aliphatic carbocycles. The summed E-state index contributed by atoms with van der Waals surface area (Å²) in [6, 6.07) is 16.5. The van der Waals surface area contributed by atoms with Crippen molar-refractivity contribution in [1.82, 2.24) is 10.6 Å². The summed E-state index contributed by atoms with van der Waals surface area (Å²) >= 11 is 0. The molecule has 2 aromatic carbocycles. The molecule has 3 aliphatic rings. The Bertz CT molecular complexity index is 1060. The van der Waals surface area contributed by atoms with Crippen LogP contribution in [0.15, 0.2) is 48.5 Å². The van der Waals surface area contributed by atoms with E-state index in [0.717, 1.165) is 0 Å². The normalized spacial score (nSPS) is 22.2. The van der Waals surface area contributed by atoms with E-state index in [0.29, 0.717) is 38.5 Å². The molecule has 0 aliphatic heterocycles. The zero-order valence-corrected chi connectivity index (χ0v) is 19.1. The fraction of sp³-hybridized carbons (Fsp3) is 0.444. The molecule has 0 radical (unpaired) electrons. The highest BCUT2D eigenvalue weighted by atomic mass is 16.5. The van der Waals surface area contributed by atoms with Gasteiger partial charge in [-0.1, -0.05) is 48.5 Å². The molecule has 0 unspecified atom stereocenters. The van der Waals surface area contributed by atoms with Crippen molar-refractivity contribution in [3.63, 3.8) is 0 Å². The van der Waals surface area contributed by atoms with Gasteiger partial charge in [-0.3, -0.25) is 9.59 Å². The predicted octanol–water partition coefficient (Wildman–Crippen LogP) is 4.06. The maximum Gasteiger partial charge on any atom is 0.407 e. The second-order valence-corrected chi connectivity index (χ2v) is 9.82. The molecule has 7 heteroatoms. The number of carboxylic acids is 1. The molecule has 0 bridgehead atoms. The van der Waals surface area contributed by atoms with Crippen molar-refractivity contribution < 1.29 is 24.2 Å². The van der Waals surface area contributed by atoms with Gasteiger partial charge >= 0.3 is 12.1 Å². The molecule has 3 N–H and O–H groups in total. The standard InChI is InChI=1S/C27H30N2O5/c30-24(28-16-27(13-14-27)25(31)32)17-9-11-18(12-10-17)29-26(33)34-15-23-21-7-3-1-5-19(21)20-6-2-4-8-22(20)23/h1-8,17-18,23H,9-16H2,(H,28,30)(H,29,33)(H,31,32). The van der Waals surface area contributed by atoms with Crippen LogP contribution in [0, 0.1) is 11.3 Å². The Kier molecular flexibility index (Phi) is 6.02. The van der Waals surface area contributed by atoms with Crippen molar-refractivity contribution >= 4 is 18.0 Å². The van der Waals surface area contributed by atoms with Gasteiger partial charge in [0.25, 0.3) is 0 Å². The van der Waals surface area contributed by atoms with E-state index in [1.165, 1.54) is 22.3 Å². The third kappa shape index (κ3) is 4.39. The molecule has 0 atom stereocenters. The fourth-order valence-electron chi connectivity index (χ4n) is 5.32. The van der Waals surface area contributed by atoms with E-state index in [1.54, 1.807) is 0 Å². The molecule has 2 aromatic rings. The van der Waals surface area contributed by atoms with E-state index in [4.69, 9.17) is 4.74 Å². The number of nitrogens with one attached hydrogen (secondary N) is 2. The number of carboxylic acid groups (broad SMARTS) is 1. The molecule has 34 heavy (non-hydrogen) atoms. The number of benzene rings is 2. The first kappa shape index (κ1) is 22.4. The van der Waals surface area contributed by atoms with Crippen LogP contribution in [0.4, 0.5) is 4.79 Å². The van der Waals surface area contributed by atoms with Crippen LogP contribution < -0.4 is 10.6 Å². The van der Waals surface area contributed by atoms with Crippen LogP contribution in [0.25, 0.3) is 11.1 Å². The minimum Gasteiger partial charge on any atom is -0.481 e. The van der Waals surface area contributed by atoms with Crippen LogP contribution in [-0.4, -0.2) is 42.3 Å². The van der Waals surface area contributed by atoms with E-state index in [2.05, 4.69) is 34.9 Å². The van der Waals surface area contributed by atoms with Gasteiger partial charge in [-0.25, -0.2) is 4.79 Å². The summed E-state index contributed by atoms with van der Waals surface area (Å²) in [6.45, 7) is 0.488. The Labute approximate surface area is 198 Å². The second-order valence-electron chi connectivity index (χ2n) is 9.82.